The topological polar surface area (TPSA) is 36.3 Å². The number of aromatic nitrogens is 2. The van der Waals surface area contributed by atoms with Gasteiger partial charge in [0.15, 0.2) is 11.5 Å². The second-order valence-electron chi connectivity index (χ2n) is 6.02. The number of rotatable bonds is 4. The molecule has 0 atom stereocenters. The van der Waals surface area contributed by atoms with Gasteiger partial charge in [-0.25, -0.2) is 0 Å². The highest BCUT2D eigenvalue weighted by Crippen LogP contribution is 2.42. The number of ether oxygens (including phenoxy) is 2. The van der Waals surface area contributed by atoms with Gasteiger partial charge in [0.2, 0.25) is 0 Å². The van der Waals surface area contributed by atoms with Crippen LogP contribution in [0.25, 0.3) is 11.3 Å². The van der Waals surface area contributed by atoms with Crippen LogP contribution in [0, 0.1) is 6.92 Å². The van der Waals surface area contributed by atoms with E-state index in [4.69, 9.17) is 9.47 Å². The maximum atomic E-state index is 5.46. The van der Waals surface area contributed by atoms with Crippen LogP contribution in [-0.2, 0) is 7.05 Å². The molecule has 0 saturated heterocycles. The summed E-state index contributed by atoms with van der Waals surface area (Å²) in [6.07, 6.45) is 5.19. The molecule has 0 amide bonds. The standard InChI is InChI=1S/C18H24N2O2/c1-12-17(13-7-5-6-8-13)18(20(2)19-12)14-9-10-15(21-3)16(11-14)22-4/h9-11,13H,5-8H2,1-4H3. The van der Waals surface area contributed by atoms with Gasteiger partial charge in [0, 0.05) is 18.2 Å². The fourth-order valence-electron chi connectivity index (χ4n) is 3.70. The molecule has 0 bridgehead atoms. The Bertz CT molecular complexity index is 670. The van der Waals surface area contributed by atoms with E-state index in [1.54, 1.807) is 14.2 Å². The highest BCUT2D eigenvalue weighted by atomic mass is 16.5. The van der Waals surface area contributed by atoms with E-state index in [9.17, 15) is 0 Å². The Morgan fingerprint density at radius 1 is 1.09 bits per heavy atom. The third kappa shape index (κ3) is 2.47. The Kier molecular flexibility index (Phi) is 4.10. The fourth-order valence-corrected chi connectivity index (χ4v) is 3.70. The monoisotopic (exact) mass is 300 g/mol. The molecule has 0 radical (unpaired) electrons. The summed E-state index contributed by atoms with van der Waals surface area (Å²) in [6, 6.07) is 6.11. The van der Waals surface area contributed by atoms with Crippen LogP contribution in [0.2, 0.25) is 0 Å². The Morgan fingerprint density at radius 3 is 2.41 bits per heavy atom. The van der Waals surface area contributed by atoms with E-state index in [1.807, 2.05) is 23.9 Å². The van der Waals surface area contributed by atoms with Gasteiger partial charge in [-0.15, -0.1) is 0 Å². The molecular formula is C18H24N2O2. The van der Waals surface area contributed by atoms with Crippen molar-refractivity contribution in [3.63, 3.8) is 0 Å². The molecule has 0 unspecified atom stereocenters. The first-order chi connectivity index (χ1) is 10.7. The van der Waals surface area contributed by atoms with E-state index in [2.05, 4.69) is 18.1 Å². The SMILES string of the molecule is COc1ccc(-c2c(C3CCCC3)c(C)nn2C)cc1OC. The van der Waals surface area contributed by atoms with Crippen LogP contribution < -0.4 is 9.47 Å². The van der Waals surface area contributed by atoms with Crippen LogP contribution in [0.1, 0.15) is 42.9 Å². The van der Waals surface area contributed by atoms with Gasteiger partial charge in [0.1, 0.15) is 0 Å². The van der Waals surface area contributed by atoms with Crippen molar-refractivity contribution in [2.75, 3.05) is 14.2 Å². The summed E-state index contributed by atoms with van der Waals surface area (Å²) in [7, 11) is 5.36. The first-order valence-electron chi connectivity index (χ1n) is 7.91. The van der Waals surface area contributed by atoms with Crippen LogP contribution in [0.4, 0.5) is 0 Å². The highest BCUT2D eigenvalue weighted by Gasteiger charge is 2.26. The minimum absolute atomic E-state index is 0.636. The summed E-state index contributed by atoms with van der Waals surface area (Å²) in [4.78, 5) is 0. The number of hydrogen-bond donors (Lipinski definition) is 0. The molecule has 118 valence electrons. The Labute approximate surface area is 132 Å². The predicted molar refractivity (Wildman–Crippen MR) is 87.7 cm³/mol. The van der Waals surface area contributed by atoms with Crippen molar-refractivity contribution in [3.8, 4) is 22.8 Å². The Morgan fingerprint density at radius 2 is 1.77 bits per heavy atom. The van der Waals surface area contributed by atoms with E-state index in [-0.39, 0.29) is 0 Å². The van der Waals surface area contributed by atoms with Crippen LogP contribution in [0.5, 0.6) is 11.5 Å². The lowest BCUT2D eigenvalue weighted by molar-refractivity contribution is 0.355. The molecule has 1 aliphatic carbocycles. The molecule has 1 aliphatic rings. The first kappa shape index (κ1) is 14.9. The summed E-state index contributed by atoms with van der Waals surface area (Å²) in [5.74, 6) is 2.15. The summed E-state index contributed by atoms with van der Waals surface area (Å²) in [5, 5.41) is 4.67. The van der Waals surface area contributed by atoms with Crippen molar-refractivity contribution in [1.82, 2.24) is 9.78 Å². The van der Waals surface area contributed by atoms with Gasteiger partial charge >= 0.3 is 0 Å². The van der Waals surface area contributed by atoms with Crippen molar-refractivity contribution in [3.05, 3.63) is 29.5 Å². The summed E-state index contributed by atoms with van der Waals surface area (Å²) in [6.45, 7) is 2.12. The zero-order valence-electron chi connectivity index (χ0n) is 13.8. The van der Waals surface area contributed by atoms with E-state index in [1.165, 1.54) is 36.9 Å². The highest BCUT2D eigenvalue weighted by molar-refractivity contribution is 5.69. The molecule has 22 heavy (non-hydrogen) atoms. The van der Waals surface area contributed by atoms with Gasteiger partial charge in [-0.2, -0.15) is 5.10 Å². The van der Waals surface area contributed by atoms with Gasteiger partial charge in [-0.3, -0.25) is 4.68 Å². The lowest BCUT2D eigenvalue weighted by Gasteiger charge is -2.14. The molecule has 0 N–H and O–H groups in total. The molecule has 4 nitrogen and oxygen atoms in total. The molecule has 0 spiro atoms. The molecule has 1 heterocycles. The summed E-state index contributed by atoms with van der Waals surface area (Å²) < 4.78 is 12.8. The molecule has 2 aromatic rings. The van der Waals surface area contributed by atoms with Crippen molar-refractivity contribution in [1.29, 1.82) is 0 Å². The third-order valence-electron chi connectivity index (χ3n) is 4.69. The van der Waals surface area contributed by atoms with Gasteiger partial charge in [-0.05, 0) is 43.9 Å². The van der Waals surface area contributed by atoms with Crippen molar-refractivity contribution < 1.29 is 9.47 Å². The van der Waals surface area contributed by atoms with Crippen LogP contribution >= 0.6 is 0 Å². The second-order valence-corrected chi connectivity index (χ2v) is 6.02. The van der Waals surface area contributed by atoms with Gasteiger partial charge in [-0.1, -0.05) is 12.8 Å². The molecule has 1 aromatic heterocycles. The number of aryl methyl sites for hydroxylation is 2. The van der Waals surface area contributed by atoms with Gasteiger partial charge in [0.05, 0.1) is 25.6 Å². The predicted octanol–water partition coefficient (Wildman–Crippen LogP) is 4.07. The van der Waals surface area contributed by atoms with Gasteiger partial charge < -0.3 is 9.47 Å². The molecule has 0 aliphatic heterocycles. The number of benzene rings is 1. The maximum absolute atomic E-state index is 5.46. The quantitative estimate of drug-likeness (QED) is 0.854. The van der Waals surface area contributed by atoms with E-state index < -0.39 is 0 Å². The van der Waals surface area contributed by atoms with E-state index in [0.717, 1.165) is 22.8 Å². The average molecular weight is 300 g/mol. The third-order valence-corrected chi connectivity index (χ3v) is 4.69. The molecular weight excluding hydrogens is 276 g/mol. The first-order valence-corrected chi connectivity index (χ1v) is 7.91. The smallest absolute Gasteiger partial charge is 0.161 e. The minimum atomic E-state index is 0.636. The largest absolute Gasteiger partial charge is 0.493 e. The molecule has 1 aromatic carbocycles. The average Bonchev–Trinajstić information content (AvgIpc) is 3.13. The molecule has 1 fully saturated rings. The lowest BCUT2D eigenvalue weighted by Crippen LogP contribution is -2.00. The van der Waals surface area contributed by atoms with Crippen LogP contribution in [0.15, 0.2) is 18.2 Å². The van der Waals surface area contributed by atoms with E-state index >= 15 is 0 Å². The van der Waals surface area contributed by atoms with E-state index in [0.29, 0.717) is 5.92 Å². The maximum Gasteiger partial charge on any atom is 0.161 e. The molecule has 4 heteroatoms. The normalized spacial score (nSPS) is 15.3. The summed E-state index contributed by atoms with van der Waals surface area (Å²) >= 11 is 0. The van der Waals surface area contributed by atoms with Crippen LogP contribution in [-0.4, -0.2) is 24.0 Å². The Balaban J connectivity index is 2.11. The van der Waals surface area contributed by atoms with Crippen molar-refractivity contribution in [2.45, 2.75) is 38.5 Å². The van der Waals surface area contributed by atoms with Crippen molar-refractivity contribution >= 4 is 0 Å². The lowest BCUT2D eigenvalue weighted by atomic mass is 9.92. The minimum Gasteiger partial charge on any atom is -0.493 e. The number of nitrogens with zero attached hydrogens (tertiary/aromatic N) is 2. The Hall–Kier alpha value is -1.97. The second kappa shape index (κ2) is 6.03. The van der Waals surface area contributed by atoms with Crippen LogP contribution in [0.3, 0.4) is 0 Å². The molecule has 3 rings (SSSR count). The number of hydrogen-bond acceptors (Lipinski definition) is 3. The summed E-state index contributed by atoms with van der Waals surface area (Å²) in [5.41, 5.74) is 4.92. The van der Waals surface area contributed by atoms with Crippen molar-refractivity contribution in [2.24, 2.45) is 7.05 Å². The zero-order valence-corrected chi connectivity index (χ0v) is 13.8. The zero-order chi connectivity index (χ0) is 15.7. The van der Waals surface area contributed by atoms with Gasteiger partial charge in [0.25, 0.3) is 0 Å². The number of methoxy groups -OCH3 is 2. The molecule has 1 saturated carbocycles. The fraction of sp³-hybridized carbons (Fsp3) is 0.500.